The molecule has 1 aromatic rings. The molecule has 0 spiro atoms. The molecule has 1 aliphatic carbocycles. The molecule has 0 unspecified atom stereocenters. The van der Waals surface area contributed by atoms with E-state index >= 15 is 0 Å². The summed E-state index contributed by atoms with van der Waals surface area (Å²) in [5.74, 6) is -0.191. The van der Waals surface area contributed by atoms with Crippen molar-refractivity contribution in [3.63, 3.8) is 0 Å². The minimum Gasteiger partial charge on any atom is -0.461 e. The van der Waals surface area contributed by atoms with Gasteiger partial charge in [-0.25, -0.2) is 0 Å². The lowest BCUT2D eigenvalue weighted by atomic mass is 10.0. The number of benzene rings is 1. The van der Waals surface area contributed by atoms with Gasteiger partial charge in [0.1, 0.15) is 6.10 Å². The Morgan fingerprint density at radius 1 is 1.24 bits per heavy atom. The second kappa shape index (κ2) is 5.92. The zero-order chi connectivity index (χ0) is 12.1. The first-order valence-corrected chi connectivity index (χ1v) is 6.67. The molecule has 0 bridgehead atoms. The number of allylic oxidation sites excluding steroid dienone is 1. The van der Waals surface area contributed by atoms with Gasteiger partial charge in [-0.15, -0.1) is 11.8 Å². The maximum Gasteiger partial charge on any atom is 0.302 e. The summed E-state index contributed by atoms with van der Waals surface area (Å²) < 4.78 is 5.36. The van der Waals surface area contributed by atoms with E-state index in [1.165, 1.54) is 11.8 Å². The van der Waals surface area contributed by atoms with Crippen LogP contribution in [-0.4, -0.2) is 17.3 Å². The number of carbonyl (C=O) groups is 1. The average Bonchev–Trinajstić information content (AvgIpc) is 2.32. The third-order valence-corrected chi connectivity index (χ3v) is 4.01. The van der Waals surface area contributed by atoms with Crippen LogP contribution in [0, 0.1) is 0 Å². The Balaban J connectivity index is 2.02. The van der Waals surface area contributed by atoms with E-state index in [-0.39, 0.29) is 12.1 Å². The van der Waals surface area contributed by atoms with E-state index in [9.17, 15) is 4.79 Å². The number of thioether (sulfide) groups is 1. The van der Waals surface area contributed by atoms with Gasteiger partial charge in [0.05, 0.1) is 5.25 Å². The Morgan fingerprint density at radius 2 is 1.94 bits per heavy atom. The molecule has 0 saturated carbocycles. The number of ether oxygens (including phenoxy) is 1. The lowest BCUT2D eigenvalue weighted by Crippen LogP contribution is -2.29. The summed E-state index contributed by atoms with van der Waals surface area (Å²) in [4.78, 5) is 12.3. The van der Waals surface area contributed by atoms with E-state index in [1.807, 2.05) is 18.2 Å². The van der Waals surface area contributed by atoms with Gasteiger partial charge in [0.25, 0.3) is 0 Å². The van der Waals surface area contributed by atoms with Crippen molar-refractivity contribution in [2.45, 2.75) is 36.0 Å². The van der Waals surface area contributed by atoms with Crippen LogP contribution in [0.5, 0.6) is 0 Å². The van der Waals surface area contributed by atoms with Crippen molar-refractivity contribution in [3.05, 3.63) is 42.5 Å². The molecule has 0 N–H and O–H groups in total. The molecule has 0 aromatic heterocycles. The third kappa shape index (κ3) is 3.63. The van der Waals surface area contributed by atoms with Crippen molar-refractivity contribution >= 4 is 17.7 Å². The highest BCUT2D eigenvalue weighted by Crippen LogP contribution is 2.32. The highest BCUT2D eigenvalue weighted by atomic mass is 32.2. The first kappa shape index (κ1) is 12.2. The van der Waals surface area contributed by atoms with Crippen molar-refractivity contribution in [1.29, 1.82) is 0 Å². The van der Waals surface area contributed by atoms with Crippen molar-refractivity contribution in [1.82, 2.24) is 0 Å². The van der Waals surface area contributed by atoms with Crippen molar-refractivity contribution < 1.29 is 9.53 Å². The molecule has 1 aromatic carbocycles. The first-order chi connectivity index (χ1) is 8.25. The molecule has 17 heavy (non-hydrogen) atoms. The highest BCUT2D eigenvalue weighted by molar-refractivity contribution is 8.00. The van der Waals surface area contributed by atoms with Crippen LogP contribution in [0.4, 0.5) is 0 Å². The van der Waals surface area contributed by atoms with Crippen LogP contribution in [0.15, 0.2) is 47.4 Å². The highest BCUT2D eigenvalue weighted by Gasteiger charge is 2.25. The largest absolute Gasteiger partial charge is 0.461 e. The van der Waals surface area contributed by atoms with E-state index in [0.29, 0.717) is 5.25 Å². The van der Waals surface area contributed by atoms with Gasteiger partial charge in [-0.3, -0.25) is 4.79 Å². The summed E-state index contributed by atoms with van der Waals surface area (Å²) in [6.07, 6.45) is 6.04. The van der Waals surface area contributed by atoms with Crippen molar-refractivity contribution in [3.8, 4) is 0 Å². The smallest absolute Gasteiger partial charge is 0.302 e. The maximum atomic E-state index is 11.1. The van der Waals surface area contributed by atoms with E-state index in [1.54, 1.807) is 11.8 Å². The molecule has 3 heteroatoms. The topological polar surface area (TPSA) is 26.3 Å². The maximum absolute atomic E-state index is 11.1. The summed E-state index contributed by atoms with van der Waals surface area (Å²) >= 11 is 1.79. The molecule has 2 atom stereocenters. The van der Waals surface area contributed by atoms with Crippen LogP contribution in [0.3, 0.4) is 0 Å². The molecule has 0 saturated heterocycles. The lowest BCUT2D eigenvalue weighted by Gasteiger charge is -2.27. The monoisotopic (exact) mass is 248 g/mol. The van der Waals surface area contributed by atoms with Crippen LogP contribution in [-0.2, 0) is 9.53 Å². The predicted molar refractivity (Wildman–Crippen MR) is 70.0 cm³/mol. The van der Waals surface area contributed by atoms with Gasteiger partial charge < -0.3 is 4.74 Å². The second-order valence-electron chi connectivity index (χ2n) is 4.06. The fourth-order valence-corrected chi connectivity index (χ4v) is 3.09. The van der Waals surface area contributed by atoms with Crippen LogP contribution in [0.2, 0.25) is 0 Å². The summed E-state index contributed by atoms with van der Waals surface area (Å²) in [6.45, 7) is 1.47. The predicted octanol–water partition coefficient (Wildman–Crippen LogP) is 3.43. The summed E-state index contributed by atoms with van der Waals surface area (Å²) in [5.41, 5.74) is 0. The Bertz CT molecular complexity index is 400. The minimum atomic E-state index is -0.191. The number of hydrogen-bond donors (Lipinski definition) is 0. The van der Waals surface area contributed by atoms with Gasteiger partial charge in [0.2, 0.25) is 0 Å². The molecule has 2 rings (SSSR count). The molecule has 90 valence electrons. The molecule has 1 aliphatic rings. The summed E-state index contributed by atoms with van der Waals surface area (Å²) in [5, 5.41) is 0.325. The lowest BCUT2D eigenvalue weighted by molar-refractivity contribution is -0.146. The van der Waals surface area contributed by atoms with Gasteiger partial charge >= 0.3 is 5.97 Å². The van der Waals surface area contributed by atoms with Gasteiger partial charge in [-0.05, 0) is 18.6 Å². The molecule has 0 fully saturated rings. The fraction of sp³-hybridized carbons (Fsp3) is 0.357. The van der Waals surface area contributed by atoms with Crippen LogP contribution < -0.4 is 0 Å². The summed E-state index contributed by atoms with van der Waals surface area (Å²) in [7, 11) is 0. The average molecular weight is 248 g/mol. The van der Waals surface area contributed by atoms with Gasteiger partial charge in [0, 0.05) is 18.2 Å². The minimum absolute atomic E-state index is 0.00251. The first-order valence-electron chi connectivity index (χ1n) is 5.79. The SMILES string of the molecule is CC(=O)O[C@@H]1CC=CC[C@H]1Sc1ccccc1. The van der Waals surface area contributed by atoms with Gasteiger partial charge in [-0.1, -0.05) is 30.4 Å². The zero-order valence-electron chi connectivity index (χ0n) is 9.84. The van der Waals surface area contributed by atoms with Crippen LogP contribution in [0.25, 0.3) is 0 Å². The van der Waals surface area contributed by atoms with E-state index in [0.717, 1.165) is 12.8 Å². The zero-order valence-corrected chi connectivity index (χ0v) is 10.7. The molecule has 0 aliphatic heterocycles. The Kier molecular flexibility index (Phi) is 4.26. The molecule has 0 amide bonds. The van der Waals surface area contributed by atoms with E-state index < -0.39 is 0 Å². The number of hydrogen-bond acceptors (Lipinski definition) is 3. The Hall–Kier alpha value is -1.22. The molecule has 0 radical (unpaired) electrons. The third-order valence-electron chi connectivity index (χ3n) is 2.67. The van der Waals surface area contributed by atoms with Crippen molar-refractivity contribution in [2.24, 2.45) is 0 Å². The standard InChI is InChI=1S/C14H16O2S/c1-11(15)16-13-9-5-6-10-14(13)17-12-7-3-2-4-8-12/h2-8,13-14H,9-10H2,1H3/t13-,14-/m1/s1. The second-order valence-corrected chi connectivity index (χ2v) is 5.37. The van der Waals surface area contributed by atoms with E-state index in [4.69, 9.17) is 4.74 Å². The molecular formula is C14H16O2S. The van der Waals surface area contributed by atoms with Crippen LogP contribution in [0.1, 0.15) is 19.8 Å². The normalized spacial score (nSPS) is 23.4. The van der Waals surface area contributed by atoms with Crippen molar-refractivity contribution in [2.75, 3.05) is 0 Å². The van der Waals surface area contributed by atoms with E-state index in [2.05, 4.69) is 24.3 Å². The quantitative estimate of drug-likeness (QED) is 0.605. The van der Waals surface area contributed by atoms with Crippen LogP contribution >= 0.6 is 11.8 Å². The van der Waals surface area contributed by atoms with Gasteiger partial charge in [-0.2, -0.15) is 0 Å². The number of esters is 1. The number of rotatable bonds is 3. The molecule has 0 heterocycles. The molecular weight excluding hydrogens is 232 g/mol. The van der Waals surface area contributed by atoms with Gasteiger partial charge in [0.15, 0.2) is 0 Å². The number of carbonyl (C=O) groups excluding carboxylic acids is 1. The molecule has 2 nitrogen and oxygen atoms in total. The fourth-order valence-electron chi connectivity index (χ4n) is 1.90. The summed E-state index contributed by atoms with van der Waals surface area (Å²) in [6, 6.07) is 10.2. The Morgan fingerprint density at radius 3 is 2.65 bits per heavy atom. The Labute approximate surface area is 106 Å².